The van der Waals surface area contributed by atoms with Crippen LogP contribution in [0.1, 0.15) is 45.1 Å². The van der Waals surface area contributed by atoms with Gasteiger partial charge in [0, 0.05) is 21.7 Å². The quantitative estimate of drug-likeness (QED) is 0.492. The van der Waals surface area contributed by atoms with Gasteiger partial charge in [-0.05, 0) is 30.5 Å². The molecule has 32 heavy (non-hydrogen) atoms. The van der Waals surface area contributed by atoms with E-state index in [9.17, 15) is 14.7 Å². The van der Waals surface area contributed by atoms with Crippen molar-refractivity contribution in [1.29, 1.82) is 0 Å². The summed E-state index contributed by atoms with van der Waals surface area (Å²) in [5, 5.41) is 12.1. The minimum absolute atomic E-state index is 0.0447. The van der Waals surface area contributed by atoms with Crippen LogP contribution in [0.15, 0.2) is 52.4 Å². The SMILES string of the molecule is C=C1OC(=O)C2=C1O[C@@H]1[C@@H](OCc3ccc(Br)cc3)[C@]3(O)CCCC[C@H]3[C@](C)(C2=O)[C@@H]1C. The maximum absolute atomic E-state index is 13.8. The third kappa shape index (κ3) is 2.97. The molecule has 0 amide bonds. The van der Waals surface area contributed by atoms with Gasteiger partial charge in [0.2, 0.25) is 0 Å². The highest BCUT2D eigenvalue weighted by Gasteiger charge is 2.69. The molecule has 2 aliphatic heterocycles. The third-order valence-corrected chi connectivity index (χ3v) is 8.62. The molecule has 0 unspecified atom stereocenters. The molecule has 0 spiro atoms. The van der Waals surface area contributed by atoms with E-state index in [0.717, 1.165) is 22.9 Å². The van der Waals surface area contributed by atoms with Crippen LogP contribution in [0.5, 0.6) is 0 Å². The van der Waals surface area contributed by atoms with Gasteiger partial charge in [0.15, 0.2) is 17.3 Å². The fraction of sp³-hybridized carbons (Fsp3) is 0.520. The highest BCUT2D eigenvalue weighted by molar-refractivity contribution is 9.10. The van der Waals surface area contributed by atoms with E-state index in [4.69, 9.17) is 14.2 Å². The van der Waals surface area contributed by atoms with E-state index >= 15 is 0 Å². The average Bonchev–Trinajstić information content (AvgIpc) is 3.01. The summed E-state index contributed by atoms with van der Waals surface area (Å²) in [7, 11) is 0. The molecule has 0 aromatic heterocycles. The van der Waals surface area contributed by atoms with Gasteiger partial charge in [0.1, 0.15) is 17.8 Å². The maximum atomic E-state index is 13.8. The molecule has 1 aromatic rings. The lowest BCUT2D eigenvalue weighted by Gasteiger charge is -2.60. The molecule has 4 aliphatic rings. The van der Waals surface area contributed by atoms with Crippen LogP contribution in [0, 0.1) is 17.3 Å². The van der Waals surface area contributed by atoms with Gasteiger partial charge in [0.05, 0.1) is 12.2 Å². The number of ketones is 1. The molecule has 2 saturated carbocycles. The first-order valence-corrected chi connectivity index (χ1v) is 11.9. The summed E-state index contributed by atoms with van der Waals surface area (Å²) in [4.78, 5) is 26.3. The number of fused-ring (bicyclic) bond motifs is 4. The summed E-state index contributed by atoms with van der Waals surface area (Å²) in [5.74, 6) is -1.53. The Morgan fingerprint density at radius 1 is 1.25 bits per heavy atom. The predicted octanol–water partition coefficient (Wildman–Crippen LogP) is 4.20. The number of hydrogen-bond acceptors (Lipinski definition) is 6. The van der Waals surface area contributed by atoms with Gasteiger partial charge in [-0.2, -0.15) is 0 Å². The Hall–Kier alpha value is -1.96. The van der Waals surface area contributed by atoms with Crippen LogP contribution in [0.4, 0.5) is 0 Å². The topological polar surface area (TPSA) is 82.1 Å². The van der Waals surface area contributed by atoms with Crippen LogP contribution in [0.2, 0.25) is 0 Å². The zero-order valence-electron chi connectivity index (χ0n) is 18.2. The molecule has 1 aromatic carbocycles. The van der Waals surface area contributed by atoms with Crippen molar-refractivity contribution in [1.82, 2.24) is 0 Å². The molecule has 0 saturated heterocycles. The van der Waals surface area contributed by atoms with Gasteiger partial charge in [-0.1, -0.05) is 61.3 Å². The third-order valence-electron chi connectivity index (χ3n) is 8.09. The number of benzene rings is 1. The summed E-state index contributed by atoms with van der Waals surface area (Å²) >= 11 is 3.44. The zero-order chi connectivity index (χ0) is 22.8. The van der Waals surface area contributed by atoms with Crippen LogP contribution in [-0.4, -0.2) is 34.7 Å². The highest BCUT2D eigenvalue weighted by Crippen LogP contribution is 2.60. The maximum Gasteiger partial charge on any atom is 0.351 e. The second-order valence-corrected chi connectivity index (χ2v) is 10.6. The number of hydrogen-bond donors (Lipinski definition) is 1. The van der Waals surface area contributed by atoms with Gasteiger partial charge < -0.3 is 19.3 Å². The minimum Gasteiger partial charge on any atom is -0.482 e. The van der Waals surface area contributed by atoms with E-state index in [1.165, 1.54) is 0 Å². The predicted molar refractivity (Wildman–Crippen MR) is 119 cm³/mol. The summed E-state index contributed by atoms with van der Waals surface area (Å²) in [6.45, 7) is 7.90. The summed E-state index contributed by atoms with van der Waals surface area (Å²) in [6, 6.07) is 7.82. The van der Waals surface area contributed by atoms with Gasteiger partial charge in [-0.3, -0.25) is 4.79 Å². The summed E-state index contributed by atoms with van der Waals surface area (Å²) in [6.07, 6.45) is 1.68. The Labute approximate surface area is 195 Å². The number of Topliss-reactive ketones (excluding diaryl/α,β-unsaturated/α-hetero) is 1. The van der Waals surface area contributed by atoms with Crippen molar-refractivity contribution in [3.63, 3.8) is 0 Å². The first kappa shape index (κ1) is 21.9. The molecule has 170 valence electrons. The van der Waals surface area contributed by atoms with Crippen molar-refractivity contribution in [3.05, 3.63) is 58.0 Å². The number of aliphatic hydroxyl groups is 1. The molecule has 6 atom stereocenters. The number of halogens is 1. The van der Waals surface area contributed by atoms with E-state index in [-0.39, 0.29) is 34.7 Å². The van der Waals surface area contributed by atoms with Gasteiger partial charge in [-0.15, -0.1) is 0 Å². The van der Waals surface area contributed by atoms with Gasteiger partial charge >= 0.3 is 5.97 Å². The summed E-state index contributed by atoms with van der Waals surface area (Å²) < 4.78 is 18.8. The Morgan fingerprint density at radius 2 is 1.97 bits per heavy atom. The van der Waals surface area contributed by atoms with Crippen molar-refractivity contribution in [2.75, 3.05) is 0 Å². The van der Waals surface area contributed by atoms with E-state index in [2.05, 4.69) is 22.5 Å². The number of cyclic esters (lactones) is 1. The smallest absolute Gasteiger partial charge is 0.351 e. The molecule has 0 radical (unpaired) electrons. The van der Waals surface area contributed by atoms with Gasteiger partial charge in [0.25, 0.3) is 0 Å². The van der Waals surface area contributed by atoms with Crippen LogP contribution < -0.4 is 0 Å². The van der Waals surface area contributed by atoms with Crippen LogP contribution in [-0.2, 0) is 30.4 Å². The normalized spacial score (nSPS) is 38.6. The van der Waals surface area contributed by atoms with Crippen LogP contribution >= 0.6 is 15.9 Å². The van der Waals surface area contributed by atoms with Crippen molar-refractivity contribution < 1.29 is 28.9 Å². The second kappa shape index (κ2) is 7.54. The Balaban J connectivity index is 1.59. The molecule has 7 heteroatoms. The minimum atomic E-state index is -1.24. The zero-order valence-corrected chi connectivity index (χ0v) is 19.8. The average molecular weight is 503 g/mol. The number of ether oxygens (including phenoxy) is 3. The largest absolute Gasteiger partial charge is 0.482 e. The lowest BCUT2D eigenvalue weighted by molar-refractivity contribution is -0.263. The van der Waals surface area contributed by atoms with Crippen molar-refractivity contribution in [3.8, 4) is 0 Å². The molecular formula is C25H27BrO6. The molecule has 2 aliphatic carbocycles. The number of carbonyl (C=O) groups excluding carboxylic acids is 2. The van der Waals surface area contributed by atoms with Crippen molar-refractivity contribution in [2.24, 2.45) is 17.3 Å². The Bertz CT molecular complexity index is 1030. The molecule has 2 bridgehead atoms. The molecule has 2 heterocycles. The van der Waals surface area contributed by atoms with E-state index < -0.39 is 29.2 Å². The van der Waals surface area contributed by atoms with E-state index in [0.29, 0.717) is 19.4 Å². The standard InChI is InChI=1S/C25H27BrO6/c1-13-19-22(30-12-15-7-9-16(26)10-8-15)25(29)11-5-4-6-17(25)24(13,3)21(27)18-20(32-19)14(2)31-23(18)28/h7-10,13,17,19,22,29H,2,4-6,11-12H2,1,3H3/t13-,17+,19+,22-,24-,25+/m1/s1. The van der Waals surface area contributed by atoms with Crippen LogP contribution in [0.25, 0.3) is 0 Å². The molecule has 6 nitrogen and oxygen atoms in total. The molecule has 2 fully saturated rings. The van der Waals surface area contributed by atoms with Crippen molar-refractivity contribution in [2.45, 2.75) is 63.9 Å². The van der Waals surface area contributed by atoms with Crippen LogP contribution in [0.3, 0.4) is 0 Å². The lowest BCUT2D eigenvalue weighted by atomic mass is 9.48. The van der Waals surface area contributed by atoms with Gasteiger partial charge in [-0.25, -0.2) is 4.79 Å². The first-order valence-electron chi connectivity index (χ1n) is 11.1. The second-order valence-electron chi connectivity index (χ2n) is 9.65. The van der Waals surface area contributed by atoms with E-state index in [1.54, 1.807) is 0 Å². The number of carbonyl (C=O) groups is 2. The summed E-state index contributed by atoms with van der Waals surface area (Å²) in [5.41, 5.74) is -1.31. The van der Waals surface area contributed by atoms with Crippen molar-refractivity contribution >= 4 is 27.7 Å². The highest BCUT2D eigenvalue weighted by atomic mass is 79.9. The Kier molecular flexibility index (Phi) is 5.15. The molecular weight excluding hydrogens is 476 g/mol. The first-order chi connectivity index (χ1) is 15.2. The lowest BCUT2D eigenvalue weighted by Crippen LogP contribution is -2.70. The molecule has 5 rings (SSSR count). The Morgan fingerprint density at radius 3 is 2.69 bits per heavy atom. The fourth-order valence-electron chi connectivity index (χ4n) is 6.25. The molecule has 1 N–H and O–H groups in total. The monoisotopic (exact) mass is 502 g/mol. The number of esters is 1. The van der Waals surface area contributed by atoms with E-state index in [1.807, 2.05) is 38.1 Å². The fourth-order valence-corrected chi connectivity index (χ4v) is 6.51. The number of rotatable bonds is 3.